The van der Waals surface area contributed by atoms with Gasteiger partial charge in [-0.1, -0.05) is 6.92 Å². The van der Waals surface area contributed by atoms with Crippen molar-refractivity contribution in [2.24, 2.45) is 11.8 Å². The Bertz CT molecular complexity index is 846. The fourth-order valence-electron chi connectivity index (χ4n) is 4.21. The lowest BCUT2D eigenvalue weighted by Crippen LogP contribution is -2.19. The third-order valence-corrected chi connectivity index (χ3v) is 5.60. The molecule has 3 fully saturated rings. The minimum absolute atomic E-state index is 0.278. The van der Waals surface area contributed by atoms with Gasteiger partial charge in [0.2, 0.25) is 0 Å². The number of nitrogens with zero attached hydrogens (tertiary/aromatic N) is 3. The number of hydrogen-bond donors (Lipinski definition) is 2. The number of imidazole rings is 1. The Labute approximate surface area is 154 Å². The summed E-state index contributed by atoms with van der Waals surface area (Å²) in [4.78, 5) is 8.32. The summed E-state index contributed by atoms with van der Waals surface area (Å²) in [5.74, 6) is 0.937. The Morgan fingerprint density at radius 1 is 1.37 bits per heavy atom. The predicted octanol–water partition coefficient (Wildman–Crippen LogP) is 3.84. The van der Waals surface area contributed by atoms with Gasteiger partial charge in [0.15, 0.2) is 11.6 Å². The first-order valence-corrected chi connectivity index (χ1v) is 9.03. The van der Waals surface area contributed by atoms with E-state index in [9.17, 15) is 18.3 Å². The molecular weight excluding hydrogens is 361 g/mol. The number of aliphatic hydroxyl groups excluding tert-OH is 1. The Morgan fingerprint density at radius 2 is 2.11 bits per heavy atom. The molecule has 3 aliphatic rings. The summed E-state index contributed by atoms with van der Waals surface area (Å²) < 4.78 is 43.7. The largest absolute Gasteiger partial charge is 0.573 e. The molecule has 2 heterocycles. The normalized spacial score (nSPS) is 25.3. The number of hydrogen-bond acceptors (Lipinski definition) is 5. The smallest absolute Gasteiger partial charge is 0.402 e. The first-order chi connectivity index (χ1) is 12.7. The SMILES string of the molecule is CCC(O)c1nc(-c2cnc(N)c(OC(F)(F)F)c2)cn1C1CC2CC1C2. The summed E-state index contributed by atoms with van der Waals surface area (Å²) in [6.45, 7) is 1.86. The molecule has 5 rings (SSSR count). The first kappa shape index (κ1) is 18.1. The molecule has 3 saturated carbocycles. The quantitative estimate of drug-likeness (QED) is 0.821. The maximum Gasteiger partial charge on any atom is 0.573 e. The number of nitrogens with two attached hydrogens (primary N) is 1. The number of rotatable bonds is 5. The van der Waals surface area contributed by atoms with Crippen molar-refractivity contribution in [3.63, 3.8) is 0 Å². The lowest BCUT2D eigenvalue weighted by atomic mass is 9.84. The second kappa shape index (κ2) is 6.40. The van der Waals surface area contributed by atoms with Crippen LogP contribution in [0.2, 0.25) is 0 Å². The van der Waals surface area contributed by atoms with Crippen molar-refractivity contribution in [1.82, 2.24) is 14.5 Å². The highest BCUT2D eigenvalue weighted by atomic mass is 19.4. The van der Waals surface area contributed by atoms with Gasteiger partial charge in [0.05, 0.1) is 5.69 Å². The minimum atomic E-state index is -4.86. The summed E-state index contributed by atoms with van der Waals surface area (Å²) in [6, 6.07) is 1.46. The van der Waals surface area contributed by atoms with E-state index in [0.29, 0.717) is 29.4 Å². The molecule has 0 aromatic carbocycles. The van der Waals surface area contributed by atoms with E-state index < -0.39 is 18.2 Å². The van der Waals surface area contributed by atoms with Crippen LogP contribution in [0.4, 0.5) is 19.0 Å². The van der Waals surface area contributed by atoms with Gasteiger partial charge in [0.25, 0.3) is 0 Å². The Balaban J connectivity index is 1.71. The van der Waals surface area contributed by atoms with Crippen LogP contribution >= 0.6 is 0 Å². The Morgan fingerprint density at radius 3 is 2.70 bits per heavy atom. The maximum atomic E-state index is 12.6. The van der Waals surface area contributed by atoms with Gasteiger partial charge in [-0.15, -0.1) is 13.2 Å². The van der Waals surface area contributed by atoms with Gasteiger partial charge < -0.3 is 20.1 Å². The molecule has 146 valence electrons. The van der Waals surface area contributed by atoms with Crippen LogP contribution in [0, 0.1) is 11.8 Å². The molecule has 2 bridgehead atoms. The van der Waals surface area contributed by atoms with Gasteiger partial charge in [-0.3, -0.25) is 0 Å². The zero-order valence-electron chi connectivity index (χ0n) is 14.8. The van der Waals surface area contributed by atoms with Crippen molar-refractivity contribution in [3.8, 4) is 17.0 Å². The number of halogens is 3. The number of pyridine rings is 1. The third kappa shape index (κ3) is 3.36. The molecule has 0 spiro atoms. The van der Waals surface area contributed by atoms with Crippen molar-refractivity contribution in [1.29, 1.82) is 0 Å². The van der Waals surface area contributed by atoms with Gasteiger partial charge in [-0.2, -0.15) is 0 Å². The van der Waals surface area contributed by atoms with E-state index in [-0.39, 0.29) is 11.9 Å². The van der Waals surface area contributed by atoms with E-state index in [4.69, 9.17) is 5.73 Å². The summed E-state index contributed by atoms with van der Waals surface area (Å²) in [5.41, 5.74) is 6.31. The average Bonchev–Trinajstić information content (AvgIpc) is 3.26. The monoisotopic (exact) mass is 382 g/mol. The van der Waals surface area contributed by atoms with Crippen LogP contribution in [0.15, 0.2) is 18.5 Å². The van der Waals surface area contributed by atoms with E-state index >= 15 is 0 Å². The summed E-state index contributed by atoms with van der Waals surface area (Å²) in [5, 5.41) is 10.4. The zero-order chi connectivity index (χ0) is 19.3. The highest BCUT2D eigenvalue weighted by molar-refractivity contribution is 5.63. The highest BCUT2D eigenvalue weighted by Crippen LogP contribution is 2.55. The molecule has 3 N–H and O–H groups in total. The summed E-state index contributed by atoms with van der Waals surface area (Å²) >= 11 is 0. The van der Waals surface area contributed by atoms with Crippen molar-refractivity contribution < 1.29 is 23.0 Å². The molecule has 2 atom stereocenters. The van der Waals surface area contributed by atoms with Gasteiger partial charge >= 0.3 is 6.36 Å². The van der Waals surface area contributed by atoms with E-state index in [0.717, 1.165) is 12.3 Å². The summed E-state index contributed by atoms with van der Waals surface area (Å²) in [6.07, 6.45) is 1.49. The number of anilines is 1. The van der Waals surface area contributed by atoms with E-state index in [1.807, 2.05) is 11.5 Å². The topological polar surface area (TPSA) is 86.2 Å². The molecule has 0 amide bonds. The fourth-order valence-corrected chi connectivity index (χ4v) is 4.21. The summed E-state index contributed by atoms with van der Waals surface area (Å²) in [7, 11) is 0. The van der Waals surface area contributed by atoms with Crippen LogP contribution in [0.3, 0.4) is 0 Å². The molecular formula is C18H21F3N4O2. The number of alkyl halides is 3. The molecule has 0 saturated heterocycles. The molecule has 2 aromatic rings. The van der Waals surface area contributed by atoms with Gasteiger partial charge in [0, 0.05) is 24.0 Å². The van der Waals surface area contributed by atoms with Crippen LogP contribution < -0.4 is 10.5 Å². The van der Waals surface area contributed by atoms with Gasteiger partial charge in [-0.25, -0.2) is 9.97 Å². The van der Waals surface area contributed by atoms with Crippen LogP contribution in [0.5, 0.6) is 5.75 Å². The Kier molecular flexibility index (Phi) is 4.29. The molecule has 0 radical (unpaired) electrons. The van der Waals surface area contributed by atoms with Crippen LogP contribution in [0.25, 0.3) is 11.3 Å². The Hall–Kier alpha value is -2.29. The number of fused-ring (bicyclic) bond motifs is 1. The number of ether oxygens (including phenoxy) is 1. The molecule has 2 unspecified atom stereocenters. The lowest BCUT2D eigenvalue weighted by molar-refractivity contribution is -0.274. The second-order valence-electron chi connectivity index (χ2n) is 7.37. The van der Waals surface area contributed by atoms with Gasteiger partial charge in [-0.05, 0) is 43.6 Å². The number of aromatic nitrogens is 3. The highest BCUT2D eigenvalue weighted by Gasteiger charge is 2.46. The van der Waals surface area contributed by atoms with Crippen molar-refractivity contribution in [3.05, 3.63) is 24.3 Å². The maximum absolute atomic E-state index is 12.6. The van der Waals surface area contributed by atoms with Gasteiger partial charge in [0.1, 0.15) is 11.9 Å². The van der Waals surface area contributed by atoms with Crippen molar-refractivity contribution in [2.75, 3.05) is 5.73 Å². The first-order valence-electron chi connectivity index (χ1n) is 9.03. The predicted molar refractivity (Wildman–Crippen MR) is 91.7 cm³/mol. The average molecular weight is 382 g/mol. The van der Waals surface area contributed by atoms with E-state index in [1.54, 1.807) is 6.20 Å². The minimum Gasteiger partial charge on any atom is -0.402 e. The molecule has 3 aliphatic carbocycles. The van der Waals surface area contributed by atoms with Crippen molar-refractivity contribution in [2.45, 2.75) is 51.1 Å². The molecule has 9 heteroatoms. The number of aliphatic hydroxyl groups is 1. The van der Waals surface area contributed by atoms with Crippen molar-refractivity contribution >= 4 is 5.82 Å². The molecule has 0 aliphatic heterocycles. The third-order valence-electron chi connectivity index (χ3n) is 5.60. The molecule has 6 nitrogen and oxygen atoms in total. The molecule has 2 aromatic heterocycles. The number of nitrogen functional groups attached to an aromatic ring is 1. The fraction of sp³-hybridized carbons (Fsp3) is 0.556. The zero-order valence-corrected chi connectivity index (χ0v) is 14.8. The van der Waals surface area contributed by atoms with E-state index in [1.165, 1.54) is 25.1 Å². The lowest BCUT2D eigenvalue weighted by Gasteiger charge is -2.26. The standard InChI is InChI=1S/C18H21F3N4O2/c1-2-14(26)17-24-12(8-25(17)13-5-9-3-10(13)4-9)11-6-15(16(22)23-7-11)27-18(19,20)21/h6-10,13-14,26H,2-5H2,1H3,(H2,22,23). The second-order valence-corrected chi connectivity index (χ2v) is 7.37. The van der Waals surface area contributed by atoms with E-state index in [2.05, 4.69) is 14.7 Å². The van der Waals surface area contributed by atoms with Crippen LogP contribution in [0.1, 0.15) is 50.6 Å². The molecule has 27 heavy (non-hydrogen) atoms. The van der Waals surface area contributed by atoms with Crippen LogP contribution in [-0.4, -0.2) is 26.0 Å². The van der Waals surface area contributed by atoms with Crippen LogP contribution in [-0.2, 0) is 0 Å².